The average Bonchev–Trinajstić information content (AvgIpc) is 3.00. The molecule has 0 saturated heterocycles. The Balaban J connectivity index is 1.98. The highest BCUT2D eigenvalue weighted by Crippen LogP contribution is 2.35. The summed E-state index contributed by atoms with van der Waals surface area (Å²) in [5, 5.41) is 4.13. The SMILES string of the molecule is COC(=O)[C@H]1C(c2ccccc2)=NO[C@@H]1c1ccccc1. The summed E-state index contributed by atoms with van der Waals surface area (Å²) in [6, 6.07) is 19.1. The van der Waals surface area contributed by atoms with Crippen LogP contribution in [0.4, 0.5) is 0 Å². The van der Waals surface area contributed by atoms with Crippen molar-refractivity contribution in [3.05, 3.63) is 71.8 Å². The van der Waals surface area contributed by atoms with E-state index < -0.39 is 12.0 Å². The summed E-state index contributed by atoms with van der Waals surface area (Å²) < 4.78 is 4.94. The van der Waals surface area contributed by atoms with Gasteiger partial charge in [-0.25, -0.2) is 0 Å². The molecule has 0 aliphatic carbocycles. The van der Waals surface area contributed by atoms with Crippen LogP contribution in [-0.2, 0) is 14.4 Å². The minimum Gasteiger partial charge on any atom is -0.468 e. The van der Waals surface area contributed by atoms with Crippen LogP contribution in [0.5, 0.6) is 0 Å². The molecule has 0 aromatic heterocycles. The van der Waals surface area contributed by atoms with Gasteiger partial charge in [0.05, 0.1) is 7.11 Å². The molecule has 1 aliphatic heterocycles. The zero-order valence-corrected chi connectivity index (χ0v) is 11.6. The van der Waals surface area contributed by atoms with Crippen LogP contribution in [-0.4, -0.2) is 18.8 Å². The zero-order chi connectivity index (χ0) is 14.7. The molecule has 0 saturated carbocycles. The highest BCUT2D eigenvalue weighted by atomic mass is 16.6. The van der Waals surface area contributed by atoms with Crippen molar-refractivity contribution >= 4 is 11.7 Å². The van der Waals surface area contributed by atoms with E-state index in [9.17, 15) is 4.79 Å². The van der Waals surface area contributed by atoms with Gasteiger partial charge in [-0.05, 0) is 5.56 Å². The largest absolute Gasteiger partial charge is 0.468 e. The van der Waals surface area contributed by atoms with E-state index in [2.05, 4.69) is 5.16 Å². The maximum Gasteiger partial charge on any atom is 0.319 e. The molecule has 4 heteroatoms. The minimum atomic E-state index is -0.556. The first-order chi connectivity index (χ1) is 10.3. The van der Waals surface area contributed by atoms with Crippen molar-refractivity contribution in [2.24, 2.45) is 11.1 Å². The van der Waals surface area contributed by atoms with Crippen molar-refractivity contribution in [2.75, 3.05) is 7.11 Å². The molecule has 2 aromatic carbocycles. The van der Waals surface area contributed by atoms with Gasteiger partial charge in [-0.2, -0.15) is 0 Å². The second-order valence-electron chi connectivity index (χ2n) is 4.78. The van der Waals surface area contributed by atoms with Crippen LogP contribution in [0.15, 0.2) is 65.8 Å². The lowest BCUT2D eigenvalue weighted by molar-refractivity contribution is -0.146. The average molecular weight is 281 g/mol. The number of oxime groups is 1. The molecule has 0 radical (unpaired) electrons. The van der Waals surface area contributed by atoms with Gasteiger partial charge in [0.15, 0.2) is 6.10 Å². The Hall–Kier alpha value is -2.62. The Morgan fingerprint density at radius 2 is 1.67 bits per heavy atom. The summed E-state index contributed by atoms with van der Waals surface area (Å²) in [6.45, 7) is 0. The fourth-order valence-electron chi connectivity index (χ4n) is 2.47. The Morgan fingerprint density at radius 3 is 2.29 bits per heavy atom. The van der Waals surface area contributed by atoms with Gasteiger partial charge < -0.3 is 9.57 Å². The fraction of sp³-hybridized carbons (Fsp3) is 0.176. The van der Waals surface area contributed by atoms with Crippen LogP contribution >= 0.6 is 0 Å². The van der Waals surface area contributed by atoms with Crippen LogP contribution in [0.3, 0.4) is 0 Å². The normalized spacial score (nSPS) is 20.5. The van der Waals surface area contributed by atoms with Crippen molar-refractivity contribution in [3.8, 4) is 0 Å². The summed E-state index contributed by atoms with van der Waals surface area (Å²) in [4.78, 5) is 17.7. The molecular formula is C17H15NO3. The molecule has 2 aromatic rings. The van der Waals surface area contributed by atoms with Gasteiger partial charge in [0.25, 0.3) is 0 Å². The Kier molecular flexibility index (Phi) is 3.69. The molecule has 0 spiro atoms. The molecule has 0 unspecified atom stereocenters. The van der Waals surface area contributed by atoms with Crippen molar-refractivity contribution in [1.82, 2.24) is 0 Å². The molecule has 0 amide bonds. The molecule has 2 atom stereocenters. The predicted octanol–water partition coefficient (Wildman–Crippen LogP) is 2.95. The predicted molar refractivity (Wildman–Crippen MR) is 78.8 cm³/mol. The zero-order valence-electron chi connectivity index (χ0n) is 11.6. The smallest absolute Gasteiger partial charge is 0.319 e. The lowest BCUT2D eigenvalue weighted by Crippen LogP contribution is -2.28. The van der Waals surface area contributed by atoms with Crippen molar-refractivity contribution in [3.63, 3.8) is 0 Å². The van der Waals surface area contributed by atoms with Crippen LogP contribution in [0.25, 0.3) is 0 Å². The molecular weight excluding hydrogens is 266 g/mol. The first-order valence-corrected chi connectivity index (χ1v) is 6.73. The summed E-state index contributed by atoms with van der Waals surface area (Å²) in [7, 11) is 1.38. The molecule has 3 rings (SSSR count). The van der Waals surface area contributed by atoms with E-state index in [4.69, 9.17) is 9.57 Å². The number of rotatable bonds is 3. The van der Waals surface area contributed by atoms with Gasteiger partial charge in [0, 0.05) is 5.56 Å². The Bertz CT molecular complexity index is 652. The third-order valence-electron chi connectivity index (χ3n) is 3.51. The van der Waals surface area contributed by atoms with E-state index in [1.807, 2.05) is 60.7 Å². The van der Waals surface area contributed by atoms with Crippen LogP contribution < -0.4 is 0 Å². The summed E-state index contributed by atoms with van der Waals surface area (Å²) in [5.41, 5.74) is 2.38. The number of hydrogen-bond donors (Lipinski definition) is 0. The number of hydrogen-bond acceptors (Lipinski definition) is 4. The van der Waals surface area contributed by atoms with Crippen molar-refractivity contribution < 1.29 is 14.4 Å². The standard InChI is InChI=1S/C17H15NO3/c1-20-17(19)14-15(12-8-4-2-5-9-12)18-21-16(14)13-10-6-3-7-11-13/h2-11,14,16H,1H3/t14-,16+/m0/s1. The molecule has 1 heterocycles. The maximum atomic E-state index is 12.2. The Morgan fingerprint density at radius 1 is 1.05 bits per heavy atom. The Labute approximate surface area is 123 Å². The number of carbonyl (C=O) groups excluding carboxylic acids is 1. The lowest BCUT2D eigenvalue weighted by atomic mass is 9.89. The molecule has 21 heavy (non-hydrogen) atoms. The fourth-order valence-corrected chi connectivity index (χ4v) is 2.47. The number of esters is 1. The first-order valence-electron chi connectivity index (χ1n) is 6.73. The topological polar surface area (TPSA) is 47.9 Å². The van der Waals surface area contributed by atoms with Crippen LogP contribution in [0.1, 0.15) is 17.2 Å². The number of ether oxygens (including phenoxy) is 1. The van der Waals surface area contributed by atoms with Gasteiger partial charge in [-0.3, -0.25) is 4.79 Å². The first kappa shape index (κ1) is 13.4. The summed E-state index contributed by atoms with van der Waals surface area (Å²) >= 11 is 0. The summed E-state index contributed by atoms with van der Waals surface area (Å²) in [6.07, 6.45) is -0.450. The highest BCUT2D eigenvalue weighted by Gasteiger charge is 2.42. The number of methoxy groups -OCH3 is 1. The molecule has 0 N–H and O–H groups in total. The maximum absolute atomic E-state index is 12.2. The molecule has 0 fully saturated rings. The second kappa shape index (κ2) is 5.79. The number of carbonyl (C=O) groups is 1. The minimum absolute atomic E-state index is 0.344. The quantitative estimate of drug-likeness (QED) is 0.813. The van der Waals surface area contributed by atoms with Gasteiger partial charge in [0.1, 0.15) is 11.6 Å². The van der Waals surface area contributed by atoms with Crippen molar-refractivity contribution in [2.45, 2.75) is 6.10 Å². The number of benzene rings is 2. The number of nitrogens with zero attached hydrogens (tertiary/aromatic N) is 1. The summed E-state index contributed by atoms with van der Waals surface area (Å²) in [5.74, 6) is -0.899. The lowest BCUT2D eigenvalue weighted by Gasteiger charge is -2.17. The highest BCUT2D eigenvalue weighted by molar-refractivity contribution is 6.12. The molecule has 1 aliphatic rings. The van der Waals surface area contributed by atoms with Gasteiger partial charge in [0.2, 0.25) is 0 Å². The third kappa shape index (κ3) is 2.52. The van der Waals surface area contributed by atoms with Gasteiger partial charge >= 0.3 is 5.97 Å². The molecule has 4 nitrogen and oxygen atoms in total. The van der Waals surface area contributed by atoms with E-state index in [0.29, 0.717) is 5.71 Å². The monoisotopic (exact) mass is 281 g/mol. The van der Waals surface area contributed by atoms with Crippen LogP contribution in [0, 0.1) is 5.92 Å². The van der Waals surface area contributed by atoms with Crippen LogP contribution in [0.2, 0.25) is 0 Å². The van der Waals surface area contributed by atoms with E-state index in [-0.39, 0.29) is 5.97 Å². The van der Waals surface area contributed by atoms with Gasteiger partial charge in [-0.15, -0.1) is 0 Å². The van der Waals surface area contributed by atoms with Crippen molar-refractivity contribution in [1.29, 1.82) is 0 Å². The third-order valence-corrected chi connectivity index (χ3v) is 3.51. The molecule has 0 bridgehead atoms. The van der Waals surface area contributed by atoms with E-state index >= 15 is 0 Å². The second-order valence-corrected chi connectivity index (χ2v) is 4.78. The van der Waals surface area contributed by atoms with E-state index in [1.165, 1.54) is 7.11 Å². The van der Waals surface area contributed by atoms with E-state index in [0.717, 1.165) is 11.1 Å². The van der Waals surface area contributed by atoms with Gasteiger partial charge in [-0.1, -0.05) is 65.8 Å². The molecule has 106 valence electrons. The van der Waals surface area contributed by atoms with E-state index in [1.54, 1.807) is 0 Å².